The molecule has 0 fully saturated rings. The van der Waals surface area contributed by atoms with Crippen molar-refractivity contribution in [1.29, 1.82) is 0 Å². The Balaban J connectivity index is 1.93. The molecule has 0 saturated carbocycles. The van der Waals surface area contributed by atoms with Crippen molar-refractivity contribution in [3.63, 3.8) is 0 Å². The van der Waals surface area contributed by atoms with Crippen LogP contribution in [0.25, 0.3) is 10.8 Å². The van der Waals surface area contributed by atoms with Crippen LogP contribution in [0, 0.1) is 0 Å². The van der Waals surface area contributed by atoms with Gasteiger partial charge in [-0.25, -0.2) is 0 Å². The number of allylic oxidation sites excluding steroid dienone is 2. The van der Waals surface area contributed by atoms with Crippen LogP contribution < -0.4 is 5.32 Å². The number of benzene rings is 2. The maximum atomic E-state index is 11.1. The van der Waals surface area contributed by atoms with E-state index in [0.717, 1.165) is 5.69 Å². The van der Waals surface area contributed by atoms with Crippen LogP contribution in [0.3, 0.4) is 0 Å². The molecule has 0 saturated heterocycles. The monoisotopic (exact) mass is 235 g/mol. The summed E-state index contributed by atoms with van der Waals surface area (Å²) in [6.07, 6.45) is 6.96. The number of fused-ring (bicyclic) bond motifs is 1. The molecule has 0 atom stereocenters. The maximum absolute atomic E-state index is 11.1. The van der Waals surface area contributed by atoms with Crippen molar-refractivity contribution in [2.45, 2.75) is 6.04 Å². The highest BCUT2D eigenvalue weighted by Crippen LogP contribution is 2.24. The average molecular weight is 235 g/mol. The van der Waals surface area contributed by atoms with E-state index in [4.69, 9.17) is 0 Å². The molecule has 2 aromatic carbocycles. The van der Waals surface area contributed by atoms with E-state index in [9.17, 15) is 4.79 Å². The Morgan fingerprint density at radius 2 is 1.61 bits per heavy atom. The molecule has 0 radical (unpaired) electrons. The quantitative estimate of drug-likeness (QED) is 0.865. The summed E-state index contributed by atoms with van der Waals surface area (Å²) in [6.45, 7) is 0. The molecule has 2 heteroatoms. The van der Waals surface area contributed by atoms with Crippen molar-refractivity contribution in [2.24, 2.45) is 0 Å². The molecule has 0 unspecified atom stereocenters. The van der Waals surface area contributed by atoms with E-state index in [1.54, 1.807) is 12.2 Å². The van der Waals surface area contributed by atoms with Gasteiger partial charge >= 0.3 is 0 Å². The van der Waals surface area contributed by atoms with Crippen LogP contribution in [-0.2, 0) is 4.79 Å². The summed E-state index contributed by atoms with van der Waals surface area (Å²) in [7, 11) is 0. The Labute approximate surface area is 106 Å². The molecule has 0 spiro atoms. The molecule has 2 aromatic rings. The van der Waals surface area contributed by atoms with Crippen molar-refractivity contribution >= 4 is 22.2 Å². The van der Waals surface area contributed by atoms with Gasteiger partial charge < -0.3 is 5.32 Å². The van der Waals surface area contributed by atoms with Gasteiger partial charge in [0.2, 0.25) is 0 Å². The molecule has 1 N–H and O–H groups in total. The lowest BCUT2D eigenvalue weighted by molar-refractivity contribution is -0.110. The summed E-state index contributed by atoms with van der Waals surface area (Å²) >= 11 is 0. The summed E-state index contributed by atoms with van der Waals surface area (Å²) in [5.41, 5.74) is 1.08. The fraction of sp³-hybridized carbons (Fsp3) is 0.0625. The number of hydrogen-bond donors (Lipinski definition) is 1. The van der Waals surface area contributed by atoms with Gasteiger partial charge in [0.1, 0.15) is 0 Å². The summed E-state index contributed by atoms with van der Waals surface area (Å²) in [6, 6.07) is 14.5. The molecular formula is C16H13NO. The second kappa shape index (κ2) is 4.49. The number of ketones is 1. The van der Waals surface area contributed by atoms with Gasteiger partial charge in [0.15, 0.2) is 5.78 Å². The Kier molecular flexibility index (Phi) is 2.69. The molecule has 0 heterocycles. The molecule has 88 valence electrons. The summed E-state index contributed by atoms with van der Waals surface area (Å²) in [4.78, 5) is 11.1. The number of carbonyl (C=O) groups is 1. The van der Waals surface area contributed by atoms with Gasteiger partial charge in [0.25, 0.3) is 0 Å². The van der Waals surface area contributed by atoms with Crippen molar-refractivity contribution in [3.8, 4) is 0 Å². The topological polar surface area (TPSA) is 29.1 Å². The second-order valence-corrected chi connectivity index (χ2v) is 4.32. The van der Waals surface area contributed by atoms with Crippen LogP contribution in [0.1, 0.15) is 0 Å². The van der Waals surface area contributed by atoms with Gasteiger partial charge in [-0.3, -0.25) is 4.79 Å². The highest BCUT2D eigenvalue weighted by atomic mass is 16.1. The minimum atomic E-state index is 0.0472. The zero-order valence-corrected chi connectivity index (χ0v) is 9.84. The number of anilines is 1. The van der Waals surface area contributed by atoms with Crippen LogP contribution >= 0.6 is 0 Å². The van der Waals surface area contributed by atoms with E-state index < -0.39 is 0 Å². The Bertz CT molecular complexity index is 634. The van der Waals surface area contributed by atoms with Gasteiger partial charge in [0, 0.05) is 11.1 Å². The largest absolute Gasteiger partial charge is 0.375 e. The zero-order valence-electron chi connectivity index (χ0n) is 9.84. The Morgan fingerprint density at radius 1 is 0.889 bits per heavy atom. The second-order valence-electron chi connectivity index (χ2n) is 4.32. The lowest BCUT2D eigenvalue weighted by atomic mass is 10.1. The molecular weight excluding hydrogens is 222 g/mol. The minimum Gasteiger partial charge on any atom is -0.375 e. The minimum absolute atomic E-state index is 0.0472. The molecule has 0 amide bonds. The molecule has 1 aliphatic carbocycles. The average Bonchev–Trinajstić information content (AvgIpc) is 2.42. The van der Waals surface area contributed by atoms with Crippen molar-refractivity contribution in [3.05, 3.63) is 66.8 Å². The van der Waals surface area contributed by atoms with Crippen LogP contribution in [0.2, 0.25) is 0 Å². The normalized spacial score (nSPS) is 15.2. The number of carbonyl (C=O) groups excluding carboxylic acids is 1. The van der Waals surface area contributed by atoms with Crippen LogP contribution in [0.4, 0.5) is 5.69 Å². The molecule has 2 nitrogen and oxygen atoms in total. The van der Waals surface area contributed by atoms with E-state index in [1.165, 1.54) is 10.8 Å². The number of hydrogen-bond acceptors (Lipinski definition) is 2. The first-order valence-electron chi connectivity index (χ1n) is 5.97. The smallest absolute Gasteiger partial charge is 0.178 e. The highest BCUT2D eigenvalue weighted by Gasteiger charge is 2.07. The summed E-state index contributed by atoms with van der Waals surface area (Å²) in [5.74, 6) is 0.0472. The van der Waals surface area contributed by atoms with E-state index in [-0.39, 0.29) is 11.8 Å². The highest BCUT2D eigenvalue weighted by molar-refractivity contribution is 6.00. The Hall–Kier alpha value is -2.35. The third-order valence-electron chi connectivity index (χ3n) is 3.05. The summed E-state index contributed by atoms with van der Waals surface area (Å²) in [5, 5.41) is 5.82. The van der Waals surface area contributed by atoms with Gasteiger partial charge in [-0.2, -0.15) is 0 Å². The first-order valence-corrected chi connectivity index (χ1v) is 5.97. The standard InChI is InChI=1S/C16H13NO/c18-14-10-8-13(9-11-14)17-16-7-3-5-12-4-1-2-6-15(12)16/h1-11,13,17H. The predicted molar refractivity (Wildman–Crippen MR) is 74.6 cm³/mol. The molecule has 0 bridgehead atoms. The van der Waals surface area contributed by atoms with Gasteiger partial charge in [-0.15, -0.1) is 0 Å². The van der Waals surface area contributed by atoms with Gasteiger partial charge in [0.05, 0.1) is 6.04 Å². The number of rotatable bonds is 2. The van der Waals surface area contributed by atoms with Gasteiger partial charge in [-0.05, 0) is 23.6 Å². The lowest BCUT2D eigenvalue weighted by Gasteiger charge is -2.16. The fourth-order valence-corrected chi connectivity index (χ4v) is 2.14. The first kappa shape index (κ1) is 10.8. The molecule has 18 heavy (non-hydrogen) atoms. The van der Waals surface area contributed by atoms with Crippen molar-refractivity contribution in [2.75, 3.05) is 5.32 Å². The third-order valence-corrected chi connectivity index (χ3v) is 3.05. The SMILES string of the molecule is O=C1C=CC(Nc2cccc3ccccc23)C=C1. The number of nitrogens with one attached hydrogen (secondary N) is 1. The van der Waals surface area contributed by atoms with Crippen molar-refractivity contribution in [1.82, 2.24) is 0 Å². The van der Waals surface area contributed by atoms with Crippen LogP contribution in [0.15, 0.2) is 66.8 Å². The first-order chi connectivity index (χ1) is 8.83. The predicted octanol–water partition coefficient (Wildman–Crippen LogP) is 3.32. The maximum Gasteiger partial charge on any atom is 0.178 e. The Morgan fingerprint density at radius 3 is 2.44 bits per heavy atom. The van der Waals surface area contributed by atoms with E-state index in [1.807, 2.05) is 30.4 Å². The molecule has 1 aliphatic rings. The summed E-state index contributed by atoms with van der Waals surface area (Å²) < 4.78 is 0. The van der Waals surface area contributed by atoms with E-state index in [0.29, 0.717) is 0 Å². The molecule has 0 aliphatic heterocycles. The third kappa shape index (κ3) is 2.05. The van der Waals surface area contributed by atoms with Gasteiger partial charge in [-0.1, -0.05) is 48.6 Å². The van der Waals surface area contributed by atoms with E-state index >= 15 is 0 Å². The van der Waals surface area contributed by atoms with E-state index in [2.05, 4.69) is 29.6 Å². The van der Waals surface area contributed by atoms with Crippen LogP contribution in [0.5, 0.6) is 0 Å². The van der Waals surface area contributed by atoms with Crippen LogP contribution in [-0.4, -0.2) is 11.8 Å². The zero-order chi connectivity index (χ0) is 12.4. The molecule has 0 aromatic heterocycles. The lowest BCUT2D eigenvalue weighted by Crippen LogP contribution is -2.17. The fourth-order valence-electron chi connectivity index (χ4n) is 2.14. The van der Waals surface area contributed by atoms with Crippen molar-refractivity contribution < 1.29 is 4.79 Å². The molecule has 3 rings (SSSR count).